The van der Waals surface area contributed by atoms with Gasteiger partial charge in [0.2, 0.25) is 0 Å². The van der Waals surface area contributed by atoms with Crippen molar-refractivity contribution in [3.8, 4) is 32.3 Å². The van der Waals surface area contributed by atoms with Crippen molar-refractivity contribution >= 4 is 17.1 Å². The zero-order valence-electron chi connectivity index (χ0n) is 18.1. The van der Waals surface area contributed by atoms with Crippen molar-refractivity contribution in [2.75, 3.05) is 0 Å². The zero-order chi connectivity index (χ0) is 23.7. The van der Waals surface area contributed by atoms with E-state index in [0.717, 1.165) is 44.3 Å². The number of ketones is 1. The summed E-state index contributed by atoms with van der Waals surface area (Å²) in [5.74, 6) is -1.60. The number of hydrogen-bond donors (Lipinski definition) is 0. The first-order valence-corrected chi connectivity index (χ1v) is 11.3. The van der Waals surface area contributed by atoms with Crippen molar-refractivity contribution in [3.63, 3.8) is 0 Å². The number of aromatic nitrogens is 2. The molecule has 0 aliphatic rings. The maximum absolute atomic E-state index is 13.9. The summed E-state index contributed by atoms with van der Waals surface area (Å²) in [7, 11) is 0. The lowest BCUT2D eigenvalue weighted by Gasteiger charge is -2.10. The molecule has 0 unspecified atom stereocenters. The number of benzene rings is 3. The normalized spacial score (nSPS) is 11.0. The average molecular weight is 473 g/mol. The second-order valence-corrected chi connectivity index (χ2v) is 8.85. The van der Waals surface area contributed by atoms with Gasteiger partial charge in [0.1, 0.15) is 16.6 Å². The Labute approximate surface area is 198 Å². The quantitative estimate of drug-likeness (QED) is 0.246. The van der Waals surface area contributed by atoms with Crippen LogP contribution in [0.4, 0.5) is 8.78 Å². The second kappa shape index (κ2) is 9.11. The molecule has 0 N–H and O–H groups in total. The Morgan fingerprint density at radius 2 is 1.71 bits per heavy atom. The van der Waals surface area contributed by atoms with Crippen LogP contribution >= 0.6 is 11.3 Å². The molecular formula is C27H18F2N2O2S. The third-order valence-electron chi connectivity index (χ3n) is 5.54. The topological polar surface area (TPSA) is 56.0 Å². The van der Waals surface area contributed by atoms with Gasteiger partial charge in [0.25, 0.3) is 0 Å². The maximum atomic E-state index is 13.9. The van der Waals surface area contributed by atoms with Gasteiger partial charge in [0.15, 0.2) is 17.9 Å². The molecule has 0 bridgehead atoms. The van der Waals surface area contributed by atoms with E-state index >= 15 is 0 Å². The first-order chi connectivity index (χ1) is 16.5. The van der Waals surface area contributed by atoms with Gasteiger partial charge < -0.3 is 4.42 Å². The minimum atomic E-state index is -0.845. The van der Waals surface area contributed by atoms with Crippen LogP contribution in [0.25, 0.3) is 32.3 Å². The summed E-state index contributed by atoms with van der Waals surface area (Å²) in [6, 6.07) is 17.0. The van der Waals surface area contributed by atoms with Gasteiger partial charge in [-0.2, -0.15) is 0 Å². The molecule has 7 heteroatoms. The minimum absolute atomic E-state index is 0.0827. The highest BCUT2D eigenvalue weighted by Gasteiger charge is 2.17. The number of aryl methyl sites for hydroxylation is 1. The molecule has 0 fully saturated rings. The predicted octanol–water partition coefficient (Wildman–Crippen LogP) is 7.14. The van der Waals surface area contributed by atoms with Crippen LogP contribution in [-0.4, -0.2) is 15.8 Å². The smallest absolute Gasteiger partial charge is 0.181 e. The number of hydrogen-bond acceptors (Lipinski definition) is 5. The van der Waals surface area contributed by atoms with Crippen LogP contribution in [0.2, 0.25) is 0 Å². The number of nitrogens with zero attached hydrogens (tertiary/aromatic N) is 2. The molecule has 3 aromatic carbocycles. The van der Waals surface area contributed by atoms with Crippen molar-refractivity contribution in [2.45, 2.75) is 13.3 Å². The van der Waals surface area contributed by atoms with Gasteiger partial charge in [0.05, 0.1) is 16.6 Å². The zero-order valence-corrected chi connectivity index (χ0v) is 18.9. The highest BCUT2D eigenvalue weighted by molar-refractivity contribution is 7.18. The molecule has 0 saturated heterocycles. The number of halogens is 2. The third kappa shape index (κ3) is 4.30. The van der Waals surface area contributed by atoms with Gasteiger partial charge in [-0.1, -0.05) is 42.5 Å². The Morgan fingerprint density at radius 1 is 0.971 bits per heavy atom. The first kappa shape index (κ1) is 21.9. The molecular weight excluding hydrogens is 454 g/mol. The summed E-state index contributed by atoms with van der Waals surface area (Å²) in [6.07, 6.45) is 4.73. The van der Waals surface area contributed by atoms with Crippen molar-refractivity contribution in [1.82, 2.24) is 9.97 Å². The number of Topliss-reactive ketones (excluding diaryl/α,β-unsaturated/α-hetero) is 1. The van der Waals surface area contributed by atoms with Crippen LogP contribution in [0.3, 0.4) is 0 Å². The molecule has 34 heavy (non-hydrogen) atoms. The van der Waals surface area contributed by atoms with Crippen LogP contribution < -0.4 is 0 Å². The molecule has 5 rings (SSSR count). The number of thiazole rings is 1. The van der Waals surface area contributed by atoms with Gasteiger partial charge >= 0.3 is 0 Å². The Kier molecular flexibility index (Phi) is 5.86. The standard InChI is InChI=1S/C27H18F2N2O2S/c1-16-5-8-19(27-31-14-25(34-27)24-13-30-15-33-24)12-20(16)18-9-6-17(7-10-18)11-23(32)26-21(28)3-2-4-22(26)29/h2-10,12-15H,11H2,1H3. The molecule has 2 heterocycles. The fourth-order valence-corrected chi connectivity index (χ4v) is 4.63. The predicted molar refractivity (Wildman–Crippen MR) is 128 cm³/mol. The van der Waals surface area contributed by atoms with E-state index in [1.807, 2.05) is 43.3 Å². The maximum Gasteiger partial charge on any atom is 0.181 e. The van der Waals surface area contributed by atoms with Crippen molar-refractivity contribution < 1.29 is 18.0 Å². The lowest BCUT2D eigenvalue weighted by Crippen LogP contribution is -2.09. The number of carbonyl (C=O) groups is 1. The summed E-state index contributed by atoms with van der Waals surface area (Å²) in [5, 5.41) is 0.863. The lowest BCUT2D eigenvalue weighted by molar-refractivity contribution is 0.0985. The third-order valence-corrected chi connectivity index (χ3v) is 6.60. The fraction of sp³-hybridized carbons (Fsp3) is 0.0741. The molecule has 0 atom stereocenters. The first-order valence-electron chi connectivity index (χ1n) is 10.5. The molecule has 0 radical (unpaired) electrons. The van der Waals surface area contributed by atoms with Crippen LogP contribution in [0.1, 0.15) is 21.5 Å². The fourth-order valence-electron chi connectivity index (χ4n) is 3.77. The molecule has 0 saturated carbocycles. The summed E-state index contributed by atoms with van der Waals surface area (Å²) >= 11 is 1.52. The Hall–Kier alpha value is -3.97. The molecule has 0 spiro atoms. The van der Waals surface area contributed by atoms with Crippen LogP contribution in [-0.2, 0) is 6.42 Å². The Morgan fingerprint density at radius 3 is 2.41 bits per heavy atom. The SMILES string of the molecule is Cc1ccc(-c2ncc(-c3cnco3)s2)cc1-c1ccc(CC(=O)c2c(F)cccc2F)cc1. The summed E-state index contributed by atoms with van der Waals surface area (Å²) < 4.78 is 33.2. The van der Waals surface area contributed by atoms with Crippen LogP contribution in [0.5, 0.6) is 0 Å². The van der Waals surface area contributed by atoms with E-state index in [1.54, 1.807) is 12.4 Å². The molecule has 5 aromatic rings. The summed E-state index contributed by atoms with van der Waals surface area (Å²) in [6.45, 7) is 2.03. The van der Waals surface area contributed by atoms with Gasteiger partial charge in [-0.25, -0.2) is 18.7 Å². The van der Waals surface area contributed by atoms with Crippen molar-refractivity contribution in [3.05, 3.63) is 108 Å². The van der Waals surface area contributed by atoms with E-state index in [-0.39, 0.29) is 6.42 Å². The van der Waals surface area contributed by atoms with E-state index in [1.165, 1.54) is 23.8 Å². The second-order valence-electron chi connectivity index (χ2n) is 7.82. The average Bonchev–Trinajstić information content (AvgIpc) is 3.52. The molecule has 0 amide bonds. The van der Waals surface area contributed by atoms with Gasteiger partial charge in [0, 0.05) is 18.2 Å². The lowest BCUT2D eigenvalue weighted by atomic mass is 9.96. The van der Waals surface area contributed by atoms with Crippen molar-refractivity contribution in [1.29, 1.82) is 0 Å². The largest absolute Gasteiger partial charge is 0.443 e. The highest BCUT2D eigenvalue weighted by Crippen LogP contribution is 2.35. The van der Waals surface area contributed by atoms with E-state index in [9.17, 15) is 13.6 Å². The van der Waals surface area contributed by atoms with Crippen LogP contribution in [0, 0.1) is 18.6 Å². The molecule has 0 aliphatic heterocycles. The molecule has 2 aromatic heterocycles. The number of carbonyl (C=O) groups excluding carboxylic acids is 1. The van der Waals surface area contributed by atoms with Gasteiger partial charge in [-0.15, -0.1) is 11.3 Å². The number of rotatable bonds is 6. The van der Waals surface area contributed by atoms with E-state index in [0.29, 0.717) is 11.3 Å². The number of oxazole rings is 1. The van der Waals surface area contributed by atoms with E-state index in [4.69, 9.17) is 4.42 Å². The Balaban J connectivity index is 1.39. The van der Waals surface area contributed by atoms with E-state index in [2.05, 4.69) is 16.0 Å². The highest BCUT2D eigenvalue weighted by atomic mass is 32.1. The molecule has 168 valence electrons. The van der Waals surface area contributed by atoms with Crippen molar-refractivity contribution in [2.24, 2.45) is 0 Å². The summed E-state index contributed by atoms with van der Waals surface area (Å²) in [4.78, 5) is 21.8. The van der Waals surface area contributed by atoms with E-state index < -0.39 is 23.0 Å². The Bertz CT molecular complexity index is 1460. The summed E-state index contributed by atoms with van der Waals surface area (Å²) in [5.41, 5.74) is 4.26. The van der Waals surface area contributed by atoms with Gasteiger partial charge in [-0.3, -0.25) is 4.79 Å². The minimum Gasteiger partial charge on any atom is -0.443 e. The van der Waals surface area contributed by atoms with Crippen LogP contribution in [0.15, 0.2) is 83.9 Å². The molecule has 0 aliphatic carbocycles. The van der Waals surface area contributed by atoms with Gasteiger partial charge in [-0.05, 0) is 47.4 Å². The molecule has 4 nitrogen and oxygen atoms in total. The monoisotopic (exact) mass is 472 g/mol.